The summed E-state index contributed by atoms with van der Waals surface area (Å²) in [7, 11) is 0. The van der Waals surface area contributed by atoms with Crippen LogP contribution in [0, 0.1) is 11.8 Å². The second kappa shape index (κ2) is 5.30. The lowest BCUT2D eigenvalue weighted by molar-refractivity contribution is -0.0547. The van der Waals surface area contributed by atoms with Crippen LogP contribution in [0.15, 0.2) is 42.5 Å². The summed E-state index contributed by atoms with van der Waals surface area (Å²) in [6.07, 6.45) is 2.64. The summed E-state index contributed by atoms with van der Waals surface area (Å²) in [5.74, 6) is -0.128. The Bertz CT molecular complexity index is 490. The van der Waals surface area contributed by atoms with E-state index in [0.29, 0.717) is 6.54 Å². The molecule has 4 atom stereocenters. The Balaban J connectivity index is 1.75. The van der Waals surface area contributed by atoms with Crippen LogP contribution in [0.5, 0.6) is 0 Å². The van der Waals surface area contributed by atoms with Crippen LogP contribution in [-0.2, 0) is 6.54 Å². The van der Waals surface area contributed by atoms with Gasteiger partial charge in [0.2, 0.25) is 0 Å². The Morgan fingerprint density at radius 3 is 2.65 bits per heavy atom. The van der Waals surface area contributed by atoms with E-state index in [1.807, 2.05) is 18.2 Å². The van der Waals surface area contributed by atoms with E-state index in [1.54, 1.807) is 12.2 Å². The lowest BCUT2D eigenvalue weighted by Crippen LogP contribution is -2.49. The van der Waals surface area contributed by atoms with Crippen molar-refractivity contribution in [2.24, 2.45) is 11.8 Å². The molecular weight excluding hydrogens is 254 g/mol. The van der Waals surface area contributed by atoms with Gasteiger partial charge in [0.05, 0.1) is 12.7 Å². The van der Waals surface area contributed by atoms with Crippen molar-refractivity contribution in [3.63, 3.8) is 0 Å². The fourth-order valence-electron chi connectivity index (χ4n) is 3.46. The van der Waals surface area contributed by atoms with Crippen LogP contribution in [0.2, 0.25) is 0 Å². The molecule has 0 amide bonds. The van der Waals surface area contributed by atoms with E-state index in [2.05, 4.69) is 17.0 Å². The van der Waals surface area contributed by atoms with Crippen molar-refractivity contribution in [2.75, 3.05) is 19.7 Å². The first-order valence-electron chi connectivity index (χ1n) is 7.09. The van der Waals surface area contributed by atoms with Gasteiger partial charge in [-0.1, -0.05) is 42.5 Å². The molecule has 0 spiro atoms. The quantitative estimate of drug-likeness (QED) is 0.698. The summed E-state index contributed by atoms with van der Waals surface area (Å²) < 4.78 is 0. The first kappa shape index (κ1) is 13.8. The first-order chi connectivity index (χ1) is 9.62. The molecule has 1 aliphatic heterocycles. The standard InChI is InChI=1S/C16H21NO3/c18-11-16(20)7-6-15(19)13-9-17(10-14(13)16)8-12-4-2-1-3-5-12/h1-7,13-15,18-20H,8-11H2/t13-,14+,15-,16+/m0/s1. The van der Waals surface area contributed by atoms with Gasteiger partial charge in [-0.3, -0.25) is 4.90 Å². The molecule has 108 valence electrons. The molecular formula is C16H21NO3. The Morgan fingerprint density at radius 1 is 1.20 bits per heavy atom. The second-order valence-corrected chi connectivity index (χ2v) is 5.95. The minimum Gasteiger partial charge on any atom is -0.393 e. The van der Waals surface area contributed by atoms with Gasteiger partial charge in [0.15, 0.2) is 0 Å². The number of benzene rings is 1. The molecule has 0 unspecified atom stereocenters. The Morgan fingerprint density at radius 2 is 1.95 bits per heavy atom. The maximum atomic E-state index is 10.5. The highest BCUT2D eigenvalue weighted by Crippen LogP contribution is 2.39. The molecule has 1 aromatic rings. The molecule has 1 heterocycles. The summed E-state index contributed by atoms with van der Waals surface area (Å²) in [5.41, 5.74) is 0.0242. The van der Waals surface area contributed by atoms with Crippen molar-refractivity contribution >= 4 is 0 Å². The van der Waals surface area contributed by atoms with Crippen molar-refractivity contribution in [1.82, 2.24) is 4.90 Å². The average Bonchev–Trinajstić information content (AvgIpc) is 2.90. The predicted molar refractivity (Wildman–Crippen MR) is 75.9 cm³/mol. The zero-order valence-corrected chi connectivity index (χ0v) is 11.4. The van der Waals surface area contributed by atoms with Gasteiger partial charge >= 0.3 is 0 Å². The number of aliphatic hydroxyl groups is 3. The summed E-state index contributed by atoms with van der Waals surface area (Å²) in [6, 6.07) is 10.2. The fourth-order valence-corrected chi connectivity index (χ4v) is 3.46. The van der Waals surface area contributed by atoms with Crippen molar-refractivity contribution < 1.29 is 15.3 Å². The first-order valence-corrected chi connectivity index (χ1v) is 7.09. The Labute approximate surface area is 119 Å². The van der Waals surface area contributed by atoms with E-state index >= 15 is 0 Å². The lowest BCUT2D eigenvalue weighted by Gasteiger charge is -2.38. The van der Waals surface area contributed by atoms with Crippen molar-refractivity contribution in [1.29, 1.82) is 0 Å². The van der Waals surface area contributed by atoms with Crippen LogP contribution in [0.4, 0.5) is 0 Å². The van der Waals surface area contributed by atoms with E-state index < -0.39 is 11.7 Å². The minimum absolute atomic E-state index is 0.0131. The van der Waals surface area contributed by atoms with Crippen molar-refractivity contribution in [2.45, 2.75) is 18.2 Å². The second-order valence-electron chi connectivity index (χ2n) is 5.95. The molecule has 3 N–H and O–H groups in total. The molecule has 0 radical (unpaired) electrons. The van der Waals surface area contributed by atoms with Gasteiger partial charge < -0.3 is 15.3 Å². The zero-order valence-electron chi connectivity index (χ0n) is 11.4. The monoisotopic (exact) mass is 275 g/mol. The number of likely N-dealkylation sites (tertiary alicyclic amines) is 1. The Hall–Kier alpha value is -1.20. The topological polar surface area (TPSA) is 63.9 Å². The number of nitrogens with zero attached hydrogens (tertiary/aromatic N) is 1. The van der Waals surface area contributed by atoms with Gasteiger partial charge in [-0.2, -0.15) is 0 Å². The molecule has 1 fully saturated rings. The molecule has 0 aromatic heterocycles. The van der Waals surface area contributed by atoms with Gasteiger partial charge in [-0.25, -0.2) is 0 Å². The van der Waals surface area contributed by atoms with E-state index in [-0.39, 0.29) is 18.4 Å². The van der Waals surface area contributed by atoms with E-state index in [4.69, 9.17) is 0 Å². The van der Waals surface area contributed by atoms with Crippen molar-refractivity contribution in [3.8, 4) is 0 Å². The van der Waals surface area contributed by atoms with Crippen LogP contribution >= 0.6 is 0 Å². The normalized spacial score (nSPS) is 37.0. The van der Waals surface area contributed by atoms with Crippen LogP contribution in [-0.4, -0.2) is 51.6 Å². The number of aliphatic hydroxyl groups excluding tert-OH is 2. The fraction of sp³-hybridized carbons (Fsp3) is 0.500. The Kier molecular flexibility index (Phi) is 3.65. The highest BCUT2D eigenvalue weighted by molar-refractivity contribution is 5.19. The molecule has 4 heteroatoms. The molecule has 1 aliphatic carbocycles. The minimum atomic E-state index is -1.20. The van der Waals surface area contributed by atoms with Gasteiger partial charge in [-0.05, 0) is 5.56 Å². The average molecular weight is 275 g/mol. The van der Waals surface area contributed by atoms with Crippen LogP contribution in [0.3, 0.4) is 0 Å². The van der Waals surface area contributed by atoms with Gasteiger partial charge in [0, 0.05) is 31.5 Å². The van der Waals surface area contributed by atoms with Gasteiger partial charge in [-0.15, -0.1) is 0 Å². The molecule has 0 saturated carbocycles. The van der Waals surface area contributed by atoms with E-state index in [9.17, 15) is 15.3 Å². The number of hydrogen-bond donors (Lipinski definition) is 3. The zero-order chi connectivity index (χ0) is 14.2. The van der Waals surface area contributed by atoms with Gasteiger partial charge in [0.1, 0.15) is 5.60 Å². The SMILES string of the molecule is OC[C@]1(O)C=C[C@H](O)[C@H]2CN(Cc3ccccc3)C[C@H]21. The molecule has 4 nitrogen and oxygen atoms in total. The highest BCUT2D eigenvalue weighted by atomic mass is 16.3. The maximum Gasteiger partial charge on any atom is 0.110 e. The summed E-state index contributed by atoms with van der Waals surface area (Å²) >= 11 is 0. The molecule has 1 aromatic carbocycles. The molecule has 3 rings (SSSR count). The lowest BCUT2D eigenvalue weighted by atomic mass is 9.74. The van der Waals surface area contributed by atoms with Crippen LogP contribution in [0.1, 0.15) is 5.56 Å². The van der Waals surface area contributed by atoms with Gasteiger partial charge in [0.25, 0.3) is 0 Å². The largest absolute Gasteiger partial charge is 0.393 e. The molecule has 1 saturated heterocycles. The number of rotatable bonds is 3. The maximum absolute atomic E-state index is 10.5. The number of hydrogen-bond acceptors (Lipinski definition) is 4. The smallest absolute Gasteiger partial charge is 0.110 e. The molecule has 20 heavy (non-hydrogen) atoms. The third-order valence-electron chi connectivity index (χ3n) is 4.61. The highest BCUT2D eigenvalue weighted by Gasteiger charge is 2.49. The van der Waals surface area contributed by atoms with E-state index in [0.717, 1.165) is 13.1 Å². The van der Waals surface area contributed by atoms with E-state index in [1.165, 1.54) is 5.56 Å². The summed E-state index contributed by atoms with van der Waals surface area (Å²) in [5, 5.41) is 30.0. The third-order valence-corrected chi connectivity index (χ3v) is 4.61. The number of fused-ring (bicyclic) bond motifs is 1. The molecule has 2 aliphatic rings. The molecule has 0 bridgehead atoms. The van der Waals surface area contributed by atoms with Crippen molar-refractivity contribution in [3.05, 3.63) is 48.0 Å². The van der Waals surface area contributed by atoms with Crippen LogP contribution < -0.4 is 0 Å². The third kappa shape index (κ3) is 2.40. The predicted octanol–water partition coefficient (Wildman–Crippen LogP) is 0.389. The van der Waals surface area contributed by atoms with Crippen LogP contribution in [0.25, 0.3) is 0 Å². The summed E-state index contributed by atoms with van der Waals surface area (Å²) in [4.78, 5) is 2.24. The summed E-state index contributed by atoms with van der Waals surface area (Å²) in [6.45, 7) is 1.95.